The van der Waals surface area contributed by atoms with Crippen LogP contribution in [-0.4, -0.2) is 32.0 Å². The molecule has 0 radical (unpaired) electrons. The van der Waals surface area contributed by atoms with Gasteiger partial charge in [0.05, 0.1) is 15.7 Å². The summed E-state index contributed by atoms with van der Waals surface area (Å²) in [5.41, 5.74) is 3.03. The summed E-state index contributed by atoms with van der Waals surface area (Å²) in [4.78, 5) is 27.1. The zero-order chi connectivity index (χ0) is 23.1. The Hall–Kier alpha value is -2.64. The van der Waals surface area contributed by atoms with Gasteiger partial charge >= 0.3 is 0 Å². The SMILES string of the molecule is Cc1cc(Br)cc(Br)c1OCC(=O)N(C)c1ccccc1C(=O)NCCc1ccccc1. The third-order valence-corrected chi connectivity index (χ3v) is 6.01. The fraction of sp³-hybridized carbons (Fsp3) is 0.200. The number of carbonyl (C=O) groups is 2. The van der Waals surface area contributed by atoms with Gasteiger partial charge in [-0.1, -0.05) is 58.4 Å². The molecule has 0 fully saturated rings. The van der Waals surface area contributed by atoms with Crippen molar-refractivity contribution in [3.8, 4) is 5.75 Å². The van der Waals surface area contributed by atoms with E-state index in [0.717, 1.165) is 26.5 Å². The van der Waals surface area contributed by atoms with Crippen LogP contribution in [0.15, 0.2) is 75.7 Å². The van der Waals surface area contributed by atoms with Gasteiger partial charge in [-0.15, -0.1) is 0 Å². The fourth-order valence-electron chi connectivity index (χ4n) is 3.26. The maximum atomic E-state index is 12.8. The third-order valence-electron chi connectivity index (χ3n) is 4.96. The lowest BCUT2D eigenvalue weighted by atomic mass is 10.1. The predicted octanol–water partition coefficient (Wildman–Crippen LogP) is 5.53. The smallest absolute Gasteiger partial charge is 0.264 e. The minimum absolute atomic E-state index is 0.151. The molecule has 166 valence electrons. The normalized spacial score (nSPS) is 10.5. The predicted molar refractivity (Wildman–Crippen MR) is 134 cm³/mol. The first-order chi connectivity index (χ1) is 15.4. The highest BCUT2D eigenvalue weighted by Gasteiger charge is 2.19. The van der Waals surface area contributed by atoms with E-state index in [1.54, 1.807) is 31.3 Å². The number of para-hydroxylation sites is 1. The highest BCUT2D eigenvalue weighted by Crippen LogP contribution is 2.32. The summed E-state index contributed by atoms with van der Waals surface area (Å²) in [6.45, 7) is 2.27. The van der Waals surface area contributed by atoms with Crippen LogP contribution in [0.2, 0.25) is 0 Å². The minimum atomic E-state index is -0.260. The number of amides is 2. The van der Waals surface area contributed by atoms with Crippen molar-refractivity contribution in [2.45, 2.75) is 13.3 Å². The standard InChI is InChI=1S/C25H24Br2N2O3/c1-17-14-19(26)15-21(27)24(17)32-16-23(30)29(2)22-11-7-6-10-20(22)25(31)28-13-12-18-8-4-3-5-9-18/h3-11,14-15H,12-13,16H2,1-2H3,(H,28,31). The van der Waals surface area contributed by atoms with Crippen molar-refractivity contribution in [1.82, 2.24) is 5.32 Å². The molecule has 0 aliphatic heterocycles. The molecular formula is C25H24Br2N2O3. The second-order valence-corrected chi connectivity index (χ2v) is 9.05. The van der Waals surface area contributed by atoms with Gasteiger partial charge < -0.3 is 15.0 Å². The second-order valence-electron chi connectivity index (χ2n) is 7.28. The van der Waals surface area contributed by atoms with Gasteiger partial charge in [0.15, 0.2) is 6.61 Å². The highest BCUT2D eigenvalue weighted by molar-refractivity contribution is 9.11. The Balaban J connectivity index is 1.64. The molecule has 0 aliphatic carbocycles. The number of halogens is 2. The van der Waals surface area contributed by atoms with Crippen LogP contribution in [0.1, 0.15) is 21.5 Å². The lowest BCUT2D eigenvalue weighted by Crippen LogP contribution is -2.34. The highest BCUT2D eigenvalue weighted by atomic mass is 79.9. The third kappa shape index (κ3) is 6.20. The average molecular weight is 560 g/mol. The summed E-state index contributed by atoms with van der Waals surface area (Å²) < 4.78 is 7.46. The summed E-state index contributed by atoms with van der Waals surface area (Å²) in [7, 11) is 1.64. The second kappa shape index (κ2) is 11.3. The van der Waals surface area contributed by atoms with Crippen LogP contribution in [0, 0.1) is 6.92 Å². The van der Waals surface area contributed by atoms with Crippen LogP contribution in [-0.2, 0) is 11.2 Å². The molecule has 0 aromatic heterocycles. The average Bonchev–Trinajstić information content (AvgIpc) is 2.78. The molecule has 3 aromatic rings. The molecule has 1 N–H and O–H groups in total. The van der Waals surface area contributed by atoms with E-state index in [4.69, 9.17) is 4.74 Å². The summed E-state index contributed by atoms with van der Waals surface area (Å²) in [6.07, 6.45) is 0.735. The van der Waals surface area contributed by atoms with Crippen LogP contribution >= 0.6 is 31.9 Å². The number of aryl methyl sites for hydroxylation is 1. The van der Waals surface area contributed by atoms with Crippen LogP contribution in [0.3, 0.4) is 0 Å². The van der Waals surface area contributed by atoms with Gasteiger partial charge in [0, 0.05) is 18.1 Å². The van der Waals surface area contributed by atoms with Gasteiger partial charge in [-0.3, -0.25) is 9.59 Å². The number of carbonyl (C=O) groups excluding carboxylic acids is 2. The quantitative estimate of drug-likeness (QED) is 0.394. The number of anilines is 1. The van der Waals surface area contributed by atoms with E-state index in [9.17, 15) is 9.59 Å². The molecule has 7 heteroatoms. The largest absolute Gasteiger partial charge is 0.482 e. The van der Waals surface area contributed by atoms with Crippen molar-refractivity contribution >= 4 is 49.4 Å². The first kappa shape index (κ1) is 24.0. The zero-order valence-corrected chi connectivity index (χ0v) is 21.1. The maximum Gasteiger partial charge on any atom is 0.264 e. The molecule has 0 unspecified atom stereocenters. The monoisotopic (exact) mass is 558 g/mol. The molecule has 0 bridgehead atoms. The summed E-state index contributed by atoms with van der Waals surface area (Å²) in [5.74, 6) is 0.134. The van der Waals surface area contributed by atoms with Crippen molar-refractivity contribution in [1.29, 1.82) is 0 Å². The molecule has 0 spiro atoms. The first-order valence-corrected chi connectivity index (χ1v) is 11.7. The molecule has 0 saturated heterocycles. The van der Waals surface area contributed by atoms with Gasteiger partial charge in [-0.2, -0.15) is 0 Å². The van der Waals surface area contributed by atoms with Crippen molar-refractivity contribution in [2.75, 3.05) is 25.1 Å². The van der Waals surface area contributed by atoms with E-state index in [0.29, 0.717) is 23.5 Å². The molecule has 0 atom stereocenters. The lowest BCUT2D eigenvalue weighted by Gasteiger charge is -2.21. The van der Waals surface area contributed by atoms with E-state index < -0.39 is 0 Å². The Morgan fingerprint density at radius 2 is 1.69 bits per heavy atom. The Morgan fingerprint density at radius 3 is 2.41 bits per heavy atom. The molecule has 5 nitrogen and oxygen atoms in total. The van der Waals surface area contributed by atoms with Crippen molar-refractivity contribution < 1.29 is 14.3 Å². The molecule has 3 aromatic carbocycles. The number of nitrogens with zero attached hydrogens (tertiary/aromatic N) is 1. The first-order valence-electron chi connectivity index (χ1n) is 10.1. The molecule has 32 heavy (non-hydrogen) atoms. The van der Waals surface area contributed by atoms with Crippen LogP contribution in [0.25, 0.3) is 0 Å². The van der Waals surface area contributed by atoms with Crippen molar-refractivity contribution in [3.05, 3.63) is 92.4 Å². The fourth-order valence-corrected chi connectivity index (χ4v) is 4.81. The maximum absolute atomic E-state index is 12.8. The van der Waals surface area contributed by atoms with E-state index in [-0.39, 0.29) is 18.4 Å². The van der Waals surface area contributed by atoms with Crippen molar-refractivity contribution in [3.63, 3.8) is 0 Å². The van der Waals surface area contributed by atoms with Crippen LogP contribution in [0.4, 0.5) is 5.69 Å². The molecule has 0 aliphatic rings. The van der Waals surface area contributed by atoms with Gasteiger partial charge in [0.25, 0.3) is 11.8 Å². The lowest BCUT2D eigenvalue weighted by molar-refractivity contribution is -0.120. The topological polar surface area (TPSA) is 58.6 Å². The summed E-state index contributed by atoms with van der Waals surface area (Å²) in [5, 5.41) is 2.94. The van der Waals surface area contributed by atoms with Gasteiger partial charge in [-0.25, -0.2) is 0 Å². The molecule has 3 rings (SSSR count). The summed E-state index contributed by atoms with van der Waals surface area (Å²) >= 11 is 6.90. The number of ether oxygens (including phenoxy) is 1. The van der Waals surface area contributed by atoms with Gasteiger partial charge in [0.2, 0.25) is 0 Å². The van der Waals surface area contributed by atoms with E-state index in [1.807, 2.05) is 49.4 Å². The zero-order valence-electron chi connectivity index (χ0n) is 17.9. The van der Waals surface area contributed by atoms with Crippen molar-refractivity contribution in [2.24, 2.45) is 0 Å². The number of benzene rings is 3. The Labute approximate surface area is 205 Å². The summed E-state index contributed by atoms with van der Waals surface area (Å²) in [6, 6.07) is 20.8. The number of rotatable bonds is 8. The molecule has 0 saturated carbocycles. The molecule has 0 heterocycles. The number of likely N-dealkylation sites (N-methyl/N-ethyl adjacent to an activating group) is 1. The Morgan fingerprint density at radius 1 is 1.00 bits per heavy atom. The molecule has 2 amide bonds. The Bertz CT molecular complexity index is 1080. The number of hydrogen-bond acceptors (Lipinski definition) is 3. The number of hydrogen-bond donors (Lipinski definition) is 1. The van der Waals surface area contributed by atoms with E-state index in [1.165, 1.54) is 4.90 Å². The molecular weight excluding hydrogens is 536 g/mol. The van der Waals surface area contributed by atoms with E-state index >= 15 is 0 Å². The van der Waals surface area contributed by atoms with E-state index in [2.05, 4.69) is 37.2 Å². The van der Waals surface area contributed by atoms with Gasteiger partial charge in [0.1, 0.15) is 5.75 Å². The van der Waals surface area contributed by atoms with Gasteiger partial charge in [-0.05, 0) is 64.7 Å². The van der Waals surface area contributed by atoms with Crippen LogP contribution in [0.5, 0.6) is 5.75 Å². The number of nitrogens with one attached hydrogen (secondary N) is 1. The Kier molecular flexibility index (Phi) is 8.47. The minimum Gasteiger partial charge on any atom is -0.482 e. The van der Waals surface area contributed by atoms with Crippen LogP contribution < -0.4 is 15.0 Å².